The highest BCUT2D eigenvalue weighted by Crippen LogP contribution is 2.30. The lowest BCUT2D eigenvalue weighted by atomic mass is 10.2. The van der Waals surface area contributed by atoms with E-state index in [1.165, 1.54) is 11.3 Å². The number of aryl methyl sites for hydroxylation is 1. The number of carboxylic acid groups (broad SMARTS) is 1. The van der Waals surface area contributed by atoms with Crippen LogP contribution in [0.3, 0.4) is 0 Å². The van der Waals surface area contributed by atoms with Crippen LogP contribution in [0.25, 0.3) is 0 Å². The Morgan fingerprint density at radius 1 is 1.77 bits per heavy atom. The summed E-state index contributed by atoms with van der Waals surface area (Å²) in [5, 5.41) is 11.6. The van der Waals surface area contributed by atoms with Crippen molar-refractivity contribution in [3.8, 4) is 0 Å². The monoisotopic (exact) mass is 263 g/mol. The van der Waals surface area contributed by atoms with E-state index < -0.39 is 12.0 Å². The molecule has 0 aliphatic carbocycles. The second-order valence-corrected chi connectivity index (χ2v) is 4.76. The molecule has 13 heavy (non-hydrogen) atoms. The van der Waals surface area contributed by atoms with Crippen LogP contribution in [0.15, 0.2) is 10.5 Å². The van der Waals surface area contributed by atoms with E-state index in [9.17, 15) is 4.79 Å². The van der Waals surface area contributed by atoms with Gasteiger partial charge < -0.3 is 10.4 Å². The molecule has 0 aromatic carbocycles. The van der Waals surface area contributed by atoms with Crippen LogP contribution >= 0.6 is 27.3 Å². The molecular formula is C8H10BrNO2S. The van der Waals surface area contributed by atoms with Gasteiger partial charge in [0.2, 0.25) is 0 Å². The third-order valence-electron chi connectivity index (χ3n) is 1.70. The van der Waals surface area contributed by atoms with Gasteiger partial charge in [0.1, 0.15) is 6.04 Å². The Hall–Kier alpha value is -0.390. The Morgan fingerprint density at radius 3 is 2.69 bits per heavy atom. The standard InChI is InChI=1S/C8H10BrNO2S/c1-4-5(9)3-6(13-4)7(10-2)8(11)12/h3,7,10H,1-2H3,(H,11,12). The van der Waals surface area contributed by atoms with E-state index in [0.29, 0.717) is 0 Å². The lowest BCUT2D eigenvalue weighted by Gasteiger charge is -2.07. The summed E-state index contributed by atoms with van der Waals surface area (Å²) in [6.07, 6.45) is 0. The highest BCUT2D eigenvalue weighted by atomic mass is 79.9. The molecule has 1 unspecified atom stereocenters. The summed E-state index contributed by atoms with van der Waals surface area (Å²) in [7, 11) is 1.64. The van der Waals surface area contributed by atoms with E-state index in [4.69, 9.17) is 5.11 Å². The van der Waals surface area contributed by atoms with Gasteiger partial charge >= 0.3 is 5.97 Å². The highest BCUT2D eigenvalue weighted by Gasteiger charge is 2.20. The summed E-state index contributed by atoms with van der Waals surface area (Å²) in [6, 6.07) is 1.24. The van der Waals surface area contributed by atoms with Gasteiger partial charge in [-0.1, -0.05) is 0 Å². The number of halogens is 1. The van der Waals surface area contributed by atoms with E-state index in [0.717, 1.165) is 14.2 Å². The fourth-order valence-corrected chi connectivity index (χ4v) is 2.68. The van der Waals surface area contributed by atoms with Crippen molar-refractivity contribution in [3.05, 3.63) is 20.3 Å². The highest BCUT2D eigenvalue weighted by molar-refractivity contribution is 9.10. The van der Waals surface area contributed by atoms with Crippen molar-refractivity contribution in [2.45, 2.75) is 13.0 Å². The Morgan fingerprint density at radius 2 is 2.38 bits per heavy atom. The molecule has 1 aromatic heterocycles. The topological polar surface area (TPSA) is 49.3 Å². The molecule has 2 N–H and O–H groups in total. The van der Waals surface area contributed by atoms with Crippen molar-refractivity contribution in [1.29, 1.82) is 0 Å². The fraction of sp³-hybridized carbons (Fsp3) is 0.375. The van der Waals surface area contributed by atoms with Crippen LogP contribution in [-0.2, 0) is 4.79 Å². The second-order valence-electron chi connectivity index (χ2n) is 2.61. The number of carbonyl (C=O) groups is 1. The number of hydrogen-bond acceptors (Lipinski definition) is 3. The van der Waals surface area contributed by atoms with Crippen molar-refractivity contribution >= 4 is 33.2 Å². The molecule has 0 amide bonds. The van der Waals surface area contributed by atoms with Crippen molar-refractivity contribution in [1.82, 2.24) is 5.32 Å². The van der Waals surface area contributed by atoms with E-state index >= 15 is 0 Å². The molecule has 3 nitrogen and oxygen atoms in total. The summed E-state index contributed by atoms with van der Waals surface area (Å²) in [4.78, 5) is 12.7. The minimum Gasteiger partial charge on any atom is -0.480 e. The maximum atomic E-state index is 10.8. The van der Waals surface area contributed by atoms with Crippen molar-refractivity contribution in [2.75, 3.05) is 7.05 Å². The maximum absolute atomic E-state index is 10.8. The normalized spacial score (nSPS) is 12.8. The molecular weight excluding hydrogens is 254 g/mol. The largest absolute Gasteiger partial charge is 0.480 e. The Bertz CT molecular complexity index is 304. The average Bonchev–Trinajstić information content (AvgIpc) is 2.32. The number of rotatable bonds is 3. The first kappa shape index (κ1) is 10.7. The van der Waals surface area contributed by atoms with E-state index in [2.05, 4.69) is 21.2 Å². The molecule has 1 atom stereocenters. The van der Waals surface area contributed by atoms with Crippen molar-refractivity contribution < 1.29 is 9.90 Å². The molecule has 0 saturated carbocycles. The number of carboxylic acids is 1. The average molecular weight is 264 g/mol. The minimum atomic E-state index is -0.851. The van der Waals surface area contributed by atoms with Crippen LogP contribution in [0.5, 0.6) is 0 Å². The van der Waals surface area contributed by atoms with Crippen molar-refractivity contribution in [3.63, 3.8) is 0 Å². The summed E-state index contributed by atoms with van der Waals surface area (Å²) < 4.78 is 0.967. The quantitative estimate of drug-likeness (QED) is 0.879. The number of thiophene rings is 1. The third kappa shape index (κ3) is 2.30. The van der Waals surface area contributed by atoms with Gasteiger partial charge in [-0.25, -0.2) is 0 Å². The SMILES string of the molecule is CNC(C(=O)O)c1cc(Br)c(C)s1. The molecule has 0 radical (unpaired) electrons. The summed E-state index contributed by atoms with van der Waals surface area (Å²) in [6.45, 7) is 1.95. The smallest absolute Gasteiger partial charge is 0.326 e. The Balaban J connectivity index is 2.98. The van der Waals surface area contributed by atoms with Gasteiger partial charge in [0.15, 0.2) is 0 Å². The molecule has 1 rings (SSSR count). The summed E-state index contributed by atoms with van der Waals surface area (Å²) >= 11 is 4.84. The number of likely N-dealkylation sites (N-methyl/N-ethyl adjacent to an activating group) is 1. The molecule has 5 heteroatoms. The fourth-order valence-electron chi connectivity index (χ4n) is 1.01. The third-order valence-corrected chi connectivity index (χ3v) is 3.90. The van der Waals surface area contributed by atoms with Crippen LogP contribution in [0, 0.1) is 6.92 Å². The molecule has 0 saturated heterocycles. The van der Waals surface area contributed by atoms with Crippen molar-refractivity contribution in [2.24, 2.45) is 0 Å². The van der Waals surface area contributed by atoms with E-state index in [1.54, 1.807) is 7.05 Å². The van der Waals surface area contributed by atoms with Crippen LogP contribution in [-0.4, -0.2) is 18.1 Å². The number of hydrogen-bond donors (Lipinski definition) is 2. The lowest BCUT2D eigenvalue weighted by Crippen LogP contribution is -2.23. The zero-order valence-electron chi connectivity index (χ0n) is 7.30. The van der Waals surface area contributed by atoms with Gasteiger partial charge in [0.25, 0.3) is 0 Å². The summed E-state index contributed by atoms with van der Waals surface area (Å²) in [5.41, 5.74) is 0. The molecule has 0 aliphatic rings. The molecule has 1 heterocycles. The molecule has 0 aliphatic heterocycles. The minimum absolute atomic E-state index is 0.602. The van der Waals surface area contributed by atoms with Gasteiger partial charge in [-0.05, 0) is 36.0 Å². The summed E-state index contributed by atoms with van der Waals surface area (Å²) in [5.74, 6) is -0.851. The molecule has 0 spiro atoms. The zero-order valence-corrected chi connectivity index (χ0v) is 9.70. The van der Waals surface area contributed by atoms with E-state index in [-0.39, 0.29) is 0 Å². The van der Waals surface area contributed by atoms with Crippen LogP contribution < -0.4 is 5.32 Å². The molecule has 1 aromatic rings. The van der Waals surface area contributed by atoms with Gasteiger partial charge in [-0.2, -0.15) is 0 Å². The van der Waals surface area contributed by atoms with Gasteiger partial charge in [-0.3, -0.25) is 4.79 Å². The van der Waals surface area contributed by atoms with Gasteiger partial charge in [-0.15, -0.1) is 11.3 Å². The predicted octanol–water partition coefficient (Wildman–Crippen LogP) is 2.16. The Kier molecular flexibility index (Phi) is 3.47. The lowest BCUT2D eigenvalue weighted by molar-refractivity contribution is -0.139. The molecule has 72 valence electrons. The van der Waals surface area contributed by atoms with E-state index in [1.807, 2.05) is 13.0 Å². The number of nitrogens with one attached hydrogen (secondary N) is 1. The van der Waals surface area contributed by atoms with Crippen LogP contribution in [0.2, 0.25) is 0 Å². The Labute approximate surface area is 88.9 Å². The first-order valence-electron chi connectivity index (χ1n) is 3.72. The molecule has 0 bridgehead atoms. The molecule has 0 fully saturated rings. The van der Waals surface area contributed by atoms with Gasteiger partial charge in [0.05, 0.1) is 0 Å². The first-order chi connectivity index (χ1) is 6.06. The first-order valence-corrected chi connectivity index (χ1v) is 5.33. The number of aliphatic carboxylic acids is 1. The maximum Gasteiger partial charge on any atom is 0.326 e. The zero-order chi connectivity index (χ0) is 10.0. The predicted molar refractivity (Wildman–Crippen MR) is 56.2 cm³/mol. The van der Waals surface area contributed by atoms with Gasteiger partial charge in [0, 0.05) is 14.2 Å². The second kappa shape index (κ2) is 4.21. The van der Waals surface area contributed by atoms with Crippen LogP contribution in [0.1, 0.15) is 15.8 Å². The van der Waals surface area contributed by atoms with Crippen LogP contribution in [0.4, 0.5) is 0 Å².